The molecule has 4 heteroatoms. The molecule has 78 valence electrons. The van der Waals surface area contributed by atoms with Gasteiger partial charge in [0.15, 0.2) is 0 Å². The standard InChI is InChI=1S/C11H7BrClFS/c12-10(11-9(13)5-6-15-11)7-1-3-8(14)4-2-7/h1-6,10H. The fourth-order valence-electron chi connectivity index (χ4n) is 1.27. The molecular weight excluding hydrogens is 299 g/mol. The van der Waals surface area contributed by atoms with Gasteiger partial charge in [0.25, 0.3) is 0 Å². The van der Waals surface area contributed by atoms with Crippen LogP contribution in [0, 0.1) is 5.82 Å². The molecular formula is C11H7BrClFS. The van der Waals surface area contributed by atoms with Crippen molar-refractivity contribution in [1.29, 1.82) is 0 Å². The van der Waals surface area contributed by atoms with Gasteiger partial charge in [0.1, 0.15) is 5.82 Å². The summed E-state index contributed by atoms with van der Waals surface area (Å²) in [6.07, 6.45) is 0. The smallest absolute Gasteiger partial charge is 0.123 e. The minimum absolute atomic E-state index is 0.0330. The number of halogens is 3. The molecule has 1 unspecified atom stereocenters. The molecule has 0 fully saturated rings. The summed E-state index contributed by atoms with van der Waals surface area (Å²) in [5.74, 6) is -0.226. The van der Waals surface area contributed by atoms with Crippen molar-refractivity contribution in [1.82, 2.24) is 0 Å². The van der Waals surface area contributed by atoms with E-state index < -0.39 is 0 Å². The zero-order valence-electron chi connectivity index (χ0n) is 7.58. The van der Waals surface area contributed by atoms with Gasteiger partial charge in [-0.15, -0.1) is 11.3 Å². The number of rotatable bonds is 2. The van der Waals surface area contributed by atoms with Gasteiger partial charge in [-0.3, -0.25) is 0 Å². The van der Waals surface area contributed by atoms with Crippen LogP contribution in [0.5, 0.6) is 0 Å². The van der Waals surface area contributed by atoms with Gasteiger partial charge < -0.3 is 0 Å². The van der Waals surface area contributed by atoms with Crippen molar-refractivity contribution in [3.63, 3.8) is 0 Å². The van der Waals surface area contributed by atoms with Crippen molar-refractivity contribution in [2.75, 3.05) is 0 Å². The van der Waals surface area contributed by atoms with E-state index in [0.717, 1.165) is 15.5 Å². The Kier molecular flexibility index (Phi) is 3.44. The molecule has 0 aliphatic rings. The minimum Gasteiger partial charge on any atom is -0.207 e. The van der Waals surface area contributed by atoms with E-state index in [-0.39, 0.29) is 10.6 Å². The van der Waals surface area contributed by atoms with Crippen LogP contribution in [0.1, 0.15) is 15.3 Å². The van der Waals surface area contributed by atoms with Crippen molar-refractivity contribution in [3.05, 3.63) is 57.0 Å². The second-order valence-electron chi connectivity index (χ2n) is 3.05. The highest BCUT2D eigenvalue weighted by atomic mass is 79.9. The summed E-state index contributed by atoms with van der Waals surface area (Å²) in [6, 6.07) is 8.27. The van der Waals surface area contributed by atoms with Crippen LogP contribution < -0.4 is 0 Å². The van der Waals surface area contributed by atoms with Crippen LogP contribution in [-0.4, -0.2) is 0 Å². The third-order valence-corrected chi connectivity index (χ3v) is 4.75. The van der Waals surface area contributed by atoms with Crippen LogP contribution in [0.15, 0.2) is 35.7 Å². The molecule has 0 amide bonds. The van der Waals surface area contributed by atoms with Crippen LogP contribution in [0.4, 0.5) is 4.39 Å². The Hall–Kier alpha value is -0.380. The Morgan fingerprint density at radius 1 is 1.20 bits per heavy atom. The lowest BCUT2D eigenvalue weighted by molar-refractivity contribution is 0.627. The molecule has 2 rings (SSSR count). The third kappa shape index (κ3) is 2.41. The van der Waals surface area contributed by atoms with E-state index in [1.54, 1.807) is 23.5 Å². The molecule has 0 radical (unpaired) electrons. The summed E-state index contributed by atoms with van der Waals surface area (Å²) < 4.78 is 12.7. The Morgan fingerprint density at radius 2 is 1.87 bits per heavy atom. The zero-order valence-corrected chi connectivity index (χ0v) is 10.7. The highest BCUT2D eigenvalue weighted by Gasteiger charge is 2.14. The summed E-state index contributed by atoms with van der Waals surface area (Å²) in [5, 5.41) is 2.68. The van der Waals surface area contributed by atoms with E-state index >= 15 is 0 Å². The SMILES string of the molecule is Fc1ccc(C(Br)c2sccc2Cl)cc1. The predicted octanol–water partition coefficient (Wildman–Crippen LogP) is 5.02. The molecule has 2 aromatic rings. The molecule has 1 atom stereocenters. The molecule has 0 spiro atoms. The average Bonchev–Trinajstić information content (AvgIpc) is 2.65. The molecule has 0 aliphatic heterocycles. The predicted molar refractivity (Wildman–Crippen MR) is 66.5 cm³/mol. The van der Waals surface area contributed by atoms with E-state index in [4.69, 9.17) is 11.6 Å². The van der Waals surface area contributed by atoms with Gasteiger partial charge in [0.2, 0.25) is 0 Å². The number of hydrogen-bond acceptors (Lipinski definition) is 1. The first-order valence-corrected chi connectivity index (χ1v) is 6.48. The topological polar surface area (TPSA) is 0 Å². The summed E-state index contributed by atoms with van der Waals surface area (Å²) >= 11 is 11.2. The van der Waals surface area contributed by atoms with Gasteiger partial charge in [-0.2, -0.15) is 0 Å². The first-order chi connectivity index (χ1) is 7.18. The summed E-state index contributed by atoms with van der Waals surface area (Å²) in [6.45, 7) is 0. The quantitative estimate of drug-likeness (QED) is 0.683. The second kappa shape index (κ2) is 4.64. The molecule has 1 heterocycles. The van der Waals surface area contributed by atoms with Crippen molar-refractivity contribution in [3.8, 4) is 0 Å². The van der Waals surface area contributed by atoms with E-state index in [0.29, 0.717) is 0 Å². The molecule has 1 aromatic heterocycles. The number of hydrogen-bond donors (Lipinski definition) is 0. The van der Waals surface area contributed by atoms with Gasteiger partial charge in [-0.1, -0.05) is 39.7 Å². The van der Waals surface area contributed by atoms with Gasteiger partial charge in [0, 0.05) is 4.88 Å². The maximum absolute atomic E-state index is 12.7. The van der Waals surface area contributed by atoms with Gasteiger partial charge in [0.05, 0.1) is 9.85 Å². The first-order valence-electron chi connectivity index (χ1n) is 4.31. The van der Waals surface area contributed by atoms with Crippen LogP contribution in [0.3, 0.4) is 0 Å². The number of alkyl halides is 1. The molecule has 1 aromatic carbocycles. The first kappa shape index (κ1) is 11.1. The maximum Gasteiger partial charge on any atom is 0.123 e. The van der Waals surface area contributed by atoms with E-state index in [1.165, 1.54) is 12.1 Å². The molecule has 0 bridgehead atoms. The van der Waals surface area contributed by atoms with Gasteiger partial charge in [-0.25, -0.2) is 4.39 Å². The van der Waals surface area contributed by atoms with Gasteiger partial charge in [-0.05, 0) is 29.1 Å². The van der Waals surface area contributed by atoms with E-state index in [2.05, 4.69) is 15.9 Å². The lowest BCUT2D eigenvalue weighted by atomic mass is 10.1. The Labute approximate surface area is 105 Å². The number of benzene rings is 1. The highest BCUT2D eigenvalue weighted by Crippen LogP contribution is 2.38. The van der Waals surface area contributed by atoms with Crippen LogP contribution in [0.25, 0.3) is 0 Å². The Morgan fingerprint density at radius 3 is 2.40 bits per heavy atom. The molecule has 0 N–H and O–H groups in total. The fourth-order valence-corrected chi connectivity index (χ4v) is 3.44. The zero-order chi connectivity index (χ0) is 10.8. The average molecular weight is 306 g/mol. The lowest BCUT2D eigenvalue weighted by Crippen LogP contribution is -1.90. The number of thiophene rings is 1. The van der Waals surface area contributed by atoms with Crippen molar-refractivity contribution in [2.24, 2.45) is 0 Å². The Balaban J connectivity index is 2.32. The molecule has 15 heavy (non-hydrogen) atoms. The second-order valence-corrected chi connectivity index (χ2v) is 5.32. The molecule has 0 nitrogen and oxygen atoms in total. The monoisotopic (exact) mass is 304 g/mol. The van der Waals surface area contributed by atoms with Crippen molar-refractivity contribution >= 4 is 38.9 Å². The van der Waals surface area contributed by atoms with E-state index in [1.807, 2.05) is 11.4 Å². The summed E-state index contributed by atoms with van der Waals surface area (Å²) in [7, 11) is 0. The molecule has 0 saturated carbocycles. The van der Waals surface area contributed by atoms with E-state index in [9.17, 15) is 4.39 Å². The summed E-state index contributed by atoms with van der Waals surface area (Å²) in [5.41, 5.74) is 1.00. The van der Waals surface area contributed by atoms with Gasteiger partial charge >= 0.3 is 0 Å². The lowest BCUT2D eigenvalue weighted by Gasteiger charge is -2.08. The fraction of sp³-hybridized carbons (Fsp3) is 0.0909. The molecule has 0 saturated heterocycles. The molecule has 0 aliphatic carbocycles. The van der Waals surface area contributed by atoms with Crippen LogP contribution >= 0.6 is 38.9 Å². The minimum atomic E-state index is -0.226. The van der Waals surface area contributed by atoms with Crippen LogP contribution in [0.2, 0.25) is 5.02 Å². The Bertz CT molecular complexity index is 452. The highest BCUT2D eigenvalue weighted by molar-refractivity contribution is 9.09. The van der Waals surface area contributed by atoms with Crippen molar-refractivity contribution in [2.45, 2.75) is 4.83 Å². The normalized spacial score (nSPS) is 12.7. The maximum atomic E-state index is 12.7. The largest absolute Gasteiger partial charge is 0.207 e. The van der Waals surface area contributed by atoms with Crippen LogP contribution in [-0.2, 0) is 0 Å². The third-order valence-electron chi connectivity index (χ3n) is 2.04. The summed E-state index contributed by atoms with van der Waals surface area (Å²) in [4.78, 5) is 1.08. The van der Waals surface area contributed by atoms with Crippen molar-refractivity contribution < 1.29 is 4.39 Å².